The van der Waals surface area contributed by atoms with E-state index in [4.69, 9.17) is 4.74 Å². The van der Waals surface area contributed by atoms with Crippen LogP contribution in [0, 0.1) is 0 Å². The summed E-state index contributed by atoms with van der Waals surface area (Å²) in [6, 6.07) is 7.28. The van der Waals surface area contributed by atoms with Crippen LogP contribution in [-0.4, -0.2) is 32.7 Å². The first-order valence-corrected chi connectivity index (χ1v) is 9.45. The molecular formula is C17H28N2O3S. The highest BCUT2D eigenvalue weighted by molar-refractivity contribution is 7.89. The van der Waals surface area contributed by atoms with E-state index >= 15 is 0 Å². The third-order valence-corrected chi connectivity index (χ3v) is 5.87. The number of hydrogen-bond acceptors (Lipinski definition) is 4. The minimum Gasteiger partial charge on any atom is -0.368 e. The third-order valence-electron chi connectivity index (χ3n) is 4.46. The van der Waals surface area contributed by atoms with E-state index in [1.165, 1.54) is 7.05 Å². The molecule has 1 fully saturated rings. The van der Waals surface area contributed by atoms with Crippen molar-refractivity contribution in [1.82, 2.24) is 10.0 Å². The van der Waals surface area contributed by atoms with Crippen LogP contribution in [0.2, 0.25) is 0 Å². The Bertz CT molecular complexity index is 668. The van der Waals surface area contributed by atoms with Crippen molar-refractivity contribution < 1.29 is 13.2 Å². The molecule has 6 heteroatoms. The van der Waals surface area contributed by atoms with Crippen LogP contribution < -0.4 is 10.0 Å². The highest BCUT2D eigenvalue weighted by atomic mass is 32.2. The quantitative estimate of drug-likeness (QED) is 0.864. The number of benzene rings is 1. The molecule has 5 nitrogen and oxygen atoms in total. The third kappa shape index (κ3) is 4.12. The van der Waals surface area contributed by atoms with Crippen LogP contribution in [0.1, 0.15) is 52.6 Å². The first kappa shape index (κ1) is 18.4. The van der Waals surface area contributed by atoms with Crippen molar-refractivity contribution in [3.63, 3.8) is 0 Å². The zero-order chi connectivity index (χ0) is 17.5. The minimum atomic E-state index is -3.43. The summed E-state index contributed by atoms with van der Waals surface area (Å²) in [7, 11) is -2.00. The van der Waals surface area contributed by atoms with E-state index < -0.39 is 10.0 Å². The van der Waals surface area contributed by atoms with Gasteiger partial charge in [-0.25, -0.2) is 13.1 Å². The first-order chi connectivity index (χ1) is 10.5. The fourth-order valence-corrected chi connectivity index (χ4v) is 4.07. The monoisotopic (exact) mass is 340 g/mol. The van der Waals surface area contributed by atoms with Gasteiger partial charge in [0.25, 0.3) is 0 Å². The van der Waals surface area contributed by atoms with Gasteiger partial charge in [-0.05, 0) is 65.8 Å². The average Bonchev–Trinajstić information content (AvgIpc) is 2.66. The maximum absolute atomic E-state index is 12.0. The Morgan fingerprint density at radius 3 is 2.43 bits per heavy atom. The smallest absolute Gasteiger partial charge is 0.240 e. The summed E-state index contributed by atoms with van der Waals surface area (Å²) in [5.41, 5.74) is 0.534. The molecular weight excluding hydrogens is 312 g/mol. The predicted octanol–water partition coefficient (Wildman–Crippen LogP) is 2.59. The van der Waals surface area contributed by atoms with Crippen LogP contribution in [0.3, 0.4) is 0 Å². The molecule has 2 rings (SSSR count). The van der Waals surface area contributed by atoms with Crippen molar-refractivity contribution in [3.8, 4) is 0 Å². The molecule has 2 atom stereocenters. The summed E-state index contributed by atoms with van der Waals surface area (Å²) in [6.45, 7) is 10.4. The van der Waals surface area contributed by atoms with E-state index in [9.17, 15) is 8.42 Å². The molecule has 1 aliphatic rings. The summed E-state index contributed by atoms with van der Waals surface area (Å²) in [6.07, 6.45) is 0.916. The van der Waals surface area contributed by atoms with Gasteiger partial charge in [-0.2, -0.15) is 0 Å². The fourth-order valence-electron chi connectivity index (χ4n) is 3.29. The van der Waals surface area contributed by atoms with Crippen molar-refractivity contribution in [2.75, 3.05) is 7.05 Å². The number of nitrogens with one attached hydrogen (secondary N) is 2. The Morgan fingerprint density at radius 2 is 1.91 bits per heavy atom. The van der Waals surface area contributed by atoms with Gasteiger partial charge in [-0.15, -0.1) is 0 Å². The number of hydrogen-bond donors (Lipinski definition) is 2. The lowest BCUT2D eigenvalue weighted by molar-refractivity contribution is -0.0703. The zero-order valence-electron chi connectivity index (χ0n) is 14.8. The lowest BCUT2D eigenvalue weighted by Crippen LogP contribution is -2.44. The molecule has 23 heavy (non-hydrogen) atoms. The predicted molar refractivity (Wildman–Crippen MR) is 91.9 cm³/mol. The molecule has 1 aromatic carbocycles. The molecule has 2 unspecified atom stereocenters. The van der Waals surface area contributed by atoms with E-state index in [0.29, 0.717) is 0 Å². The largest absolute Gasteiger partial charge is 0.368 e. The van der Waals surface area contributed by atoms with Gasteiger partial charge in [0.15, 0.2) is 0 Å². The van der Waals surface area contributed by atoms with Gasteiger partial charge in [0.2, 0.25) is 10.0 Å². The van der Waals surface area contributed by atoms with Crippen molar-refractivity contribution in [2.45, 2.75) is 69.2 Å². The Kier molecular flexibility index (Phi) is 4.93. The molecule has 0 radical (unpaired) electrons. The molecule has 0 aliphatic carbocycles. The SMILES string of the molecule is CNS(=O)(=O)c1cccc(C(C)NC2CC(C)(C)OC2(C)C)c1. The number of ether oxygens (including phenoxy) is 1. The molecule has 1 aliphatic heterocycles. The summed E-state index contributed by atoms with van der Waals surface area (Å²) < 4.78 is 32.4. The van der Waals surface area contributed by atoms with Gasteiger partial charge in [0, 0.05) is 12.1 Å². The van der Waals surface area contributed by atoms with Crippen molar-refractivity contribution in [2.24, 2.45) is 0 Å². The second-order valence-electron chi connectivity index (χ2n) is 7.39. The molecule has 1 heterocycles. The van der Waals surface area contributed by atoms with Crippen LogP contribution >= 0.6 is 0 Å². The summed E-state index contributed by atoms with van der Waals surface area (Å²) in [5, 5.41) is 3.60. The van der Waals surface area contributed by atoms with E-state index in [1.54, 1.807) is 18.2 Å². The van der Waals surface area contributed by atoms with Gasteiger partial charge >= 0.3 is 0 Å². The van der Waals surface area contributed by atoms with Crippen LogP contribution in [0.5, 0.6) is 0 Å². The van der Waals surface area contributed by atoms with E-state index in [2.05, 4.69) is 37.7 Å². The zero-order valence-corrected chi connectivity index (χ0v) is 15.6. The van der Waals surface area contributed by atoms with Crippen LogP contribution in [-0.2, 0) is 14.8 Å². The topological polar surface area (TPSA) is 67.4 Å². The second kappa shape index (κ2) is 6.16. The molecule has 1 aromatic rings. The molecule has 0 spiro atoms. The Hall–Kier alpha value is -0.950. The number of sulfonamides is 1. The van der Waals surface area contributed by atoms with Gasteiger partial charge in [-0.3, -0.25) is 0 Å². The van der Waals surface area contributed by atoms with Gasteiger partial charge in [0.1, 0.15) is 0 Å². The van der Waals surface area contributed by atoms with Gasteiger partial charge in [0.05, 0.1) is 16.1 Å². The molecule has 0 aromatic heterocycles. The lowest BCUT2D eigenvalue weighted by Gasteiger charge is -2.30. The lowest BCUT2D eigenvalue weighted by atomic mass is 9.93. The van der Waals surface area contributed by atoms with E-state index in [0.717, 1.165) is 12.0 Å². The van der Waals surface area contributed by atoms with Gasteiger partial charge in [-0.1, -0.05) is 12.1 Å². The molecule has 0 bridgehead atoms. The summed E-state index contributed by atoms with van der Waals surface area (Å²) in [4.78, 5) is 0.286. The highest BCUT2D eigenvalue weighted by Gasteiger charge is 2.46. The van der Waals surface area contributed by atoms with Crippen molar-refractivity contribution >= 4 is 10.0 Å². The molecule has 0 saturated carbocycles. The number of rotatable bonds is 5. The second-order valence-corrected chi connectivity index (χ2v) is 9.28. The Morgan fingerprint density at radius 1 is 1.26 bits per heavy atom. The summed E-state index contributed by atoms with van der Waals surface area (Å²) >= 11 is 0. The molecule has 2 N–H and O–H groups in total. The van der Waals surface area contributed by atoms with Crippen molar-refractivity contribution in [3.05, 3.63) is 29.8 Å². The molecule has 130 valence electrons. The standard InChI is InChI=1S/C17H28N2O3S/c1-12(19-15-11-16(2,3)22-17(15,4)5)13-8-7-9-14(10-13)23(20,21)18-6/h7-10,12,15,18-19H,11H2,1-6H3. The minimum absolute atomic E-state index is 0.0313. The molecule has 1 saturated heterocycles. The average molecular weight is 340 g/mol. The summed E-state index contributed by atoms with van der Waals surface area (Å²) in [5.74, 6) is 0. The Balaban J connectivity index is 2.19. The van der Waals surface area contributed by atoms with Crippen LogP contribution in [0.4, 0.5) is 0 Å². The van der Waals surface area contributed by atoms with Crippen LogP contribution in [0.25, 0.3) is 0 Å². The van der Waals surface area contributed by atoms with Gasteiger partial charge < -0.3 is 10.1 Å². The highest BCUT2D eigenvalue weighted by Crippen LogP contribution is 2.38. The van der Waals surface area contributed by atoms with Crippen LogP contribution in [0.15, 0.2) is 29.2 Å². The maximum Gasteiger partial charge on any atom is 0.240 e. The Labute approximate surface area is 139 Å². The first-order valence-electron chi connectivity index (χ1n) is 7.97. The fraction of sp³-hybridized carbons (Fsp3) is 0.647. The van der Waals surface area contributed by atoms with E-state index in [1.807, 2.05) is 13.0 Å². The van der Waals surface area contributed by atoms with E-state index in [-0.39, 0.29) is 28.2 Å². The maximum atomic E-state index is 12.0. The molecule has 0 amide bonds. The normalized spacial score (nSPS) is 24.5. The van der Waals surface area contributed by atoms with Crippen molar-refractivity contribution in [1.29, 1.82) is 0 Å².